The van der Waals surface area contributed by atoms with Gasteiger partial charge in [0.2, 0.25) is 0 Å². The number of benzene rings is 1. The maximum Gasteiger partial charge on any atom is 0.161 e. The lowest BCUT2D eigenvalue weighted by molar-refractivity contribution is 0.0704. The highest BCUT2D eigenvalue weighted by atomic mass is 32.2. The van der Waals surface area contributed by atoms with Crippen LogP contribution in [0.25, 0.3) is 0 Å². The number of β-amino-alcohol motifs (C(OH)–C–C–N with tert-alkyl or cyclic N) is 1. The molecule has 0 bridgehead atoms. The molecule has 0 amide bonds. The molecule has 1 atom stereocenters. The van der Waals surface area contributed by atoms with Gasteiger partial charge in [0.05, 0.1) is 13.2 Å². The molecule has 2 aliphatic heterocycles. The number of methoxy groups -OCH3 is 1. The van der Waals surface area contributed by atoms with Crippen LogP contribution in [-0.2, 0) is 6.54 Å². The fourth-order valence-corrected chi connectivity index (χ4v) is 4.71. The Morgan fingerprint density at radius 1 is 1.18 bits per heavy atom. The Bertz CT molecular complexity index is 653. The lowest BCUT2D eigenvalue weighted by atomic mass is 9.98. The van der Waals surface area contributed by atoms with E-state index < -0.39 is 6.10 Å². The van der Waals surface area contributed by atoms with Crippen molar-refractivity contribution in [1.29, 1.82) is 5.26 Å². The van der Waals surface area contributed by atoms with Crippen LogP contribution >= 0.6 is 11.8 Å². The van der Waals surface area contributed by atoms with Gasteiger partial charge in [0.15, 0.2) is 11.5 Å². The molecule has 2 aliphatic rings. The highest BCUT2D eigenvalue weighted by Gasteiger charge is 2.20. The molecular formula is C21H31N3O3S. The number of nitrogens with zero attached hydrogens (tertiary/aromatic N) is 3. The zero-order chi connectivity index (χ0) is 19.8. The van der Waals surface area contributed by atoms with Crippen molar-refractivity contribution in [3.8, 4) is 17.6 Å². The number of hydrogen-bond acceptors (Lipinski definition) is 7. The van der Waals surface area contributed by atoms with Gasteiger partial charge in [-0.2, -0.15) is 17.0 Å². The van der Waals surface area contributed by atoms with Crippen molar-refractivity contribution >= 4 is 11.8 Å². The molecule has 2 saturated heterocycles. The number of hydrogen-bond donors (Lipinski definition) is 1. The molecule has 3 rings (SSSR count). The highest BCUT2D eigenvalue weighted by Crippen LogP contribution is 2.29. The van der Waals surface area contributed by atoms with Crippen molar-refractivity contribution in [3.63, 3.8) is 0 Å². The smallest absolute Gasteiger partial charge is 0.161 e. The number of nitriles is 1. The van der Waals surface area contributed by atoms with Gasteiger partial charge in [0.25, 0.3) is 0 Å². The van der Waals surface area contributed by atoms with Crippen LogP contribution in [0.4, 0.5) is 0 Å². The number of aliphatic hydroxyl groups is 1. The van der Waals surface area contributed by atoms with E-state index >= 15 is 0 Å². The molecule has 0 saturated carbocycles. The molecule has 0 radical (unpaired) electrons. The van der Waals surface area contributed by atoms with Gasteiger partial charge in [-0.3, -0.25) is 9.80 Å². The largest absolute Gasteiger partial charge is 0.493 e. The first-order valence-electron chi connectivity index (χ1n) is 10.1. The normalized spacial score (nSPS) is 20.5. The third kappa shape index (κ3) is 6.28. The molecule has 1 unspecified atom stereocenters. The predicted molar refractivity (Wildman–Crippen MR) is 112 cm³/mol. The van der Waals surface area contributed by atoms with E-state index in [1.54, 1.807) is 7.11 Å². The lowest BCUT2D eigenvalue weighted by Gasteiger charge is -2.29. The summed E-state index contributed by atoms with van der Waals surface area (Å²) in [6.45, 7) is 5.71. The third-order valence-electron chi connectivity index (χ3n) is 5.41. The zero-order valence-electron chi connectivity index (χ0n) is 16.7. The minimum Gasteiger partial charge on any atom is -0.493 e. The Morgan fingerprint density at radius 2 is 1.93 bits per heavy atom. The molecule has 1 N–H and O–H groups in total. The van der Waals surface area contributed by atoms with Gasteiger partial charge in [-0.1, -0.05) is 6.07 Å². The maximum atomic E-state index is 10.4. The van der Waals surface area contributed by atoms with Crippen LogP contribution in [0, 0.1) is 17.2 Å². The van der Waals surface area contributed by atoms with Crippen LogP contribution in [0.1, 0.15) is 18.4 Å². The molecule has 1 aromatic carbocycles. The Hall–Kier alpha value is -1.46. The van der Waals surface area contributed by atoms with E-state index in [1.165, 1.54) is 0 Å². The zero-order valence-corrected chi connectivity index (χ0v) is 17.5. The summed E-state index contributed by atoms with van der Waals surface area (Å²) in [6, 6.07) is 8.38. The summed E-state index contributed by atoms with van der Waals surface area (Å²) in [5.41, 5.74) is 1.16. The predicted octanol–water partition coefficient (Wildman–Crippen LogP) is 2.22. The van der Waals surface area contributed by atoms with Gasteiger partial charge in [-0.05, 0) is 43.6 Å². The first-order valence-corrected chi connectivity index (χ1v) is 11.2. The number of piperidine rings is 1. The van der Waals surface area contributed by atoms with Crippen LogP contribution in [0.15, 0.2) is 18.2 Å². The maximum absolute atomic E-state index is 10.4. The summed E-state index contributed by atoms with van der Waals surface area (Å²) in [4.78, 5) is 4.67. The fourth-order valence-electron chi connectivity index (χ4n) is 3.73. The van der Waals surface area contributed by atoms with E-state index in [2.05, 4.69) is 21.9 Å². The van der Waals surface area contributed by atoms with E-state index in [4.69, 9.17) is 14.7 Å². The first kappa shape index (κ1) is 21.3. The molecule has 2 fully saturated rings. The van der Waals surface area contributed by atoms with Crippen LogP contribution in [-0.4, -0.2) is 79.0 Å². The molecular weight excluding hydrogens is 374 g/mol. The Kier molecular flexibility index (Phi) is 8.28. The summed E-state index contributed by atoms with van der Waals surface area (Å²) in [5, 5.41) is 19.4. The molecule has 1 aromatic rings. The van der Waals surface area contributed by atoms with E-state index in [1.807, 2.05) is 23.9 Å². The number of likely N-dealkylation sites (tertiary alicyclic amines) is 1. The molecule has 7 heteroatoms. The van der Waals surface area contributed by atoms with Crippen molar-refractivity contribution < 1.29 is 14.6 Å². The van der Waals surface area contributed by atoms with Crippen molar-refractivity contribution in [3.05, 3.63) is 23.8 Å². The van der Waals surface area contributed by atoms with Crippen molar-refractivity contribution in [2.24, 2.45) is 5.92 Å². The molecule has 28 heavy (non-hydrogen) atoms. The lowest BCUT2D eigenvalue weighted by Crippen LogP contribution is -2.40. The van der Waals surface area contributed by atoms with Crippen LogP contribution < -0.4 is 9.47 Å². The summed E-state index contributed by atoms with van der Waals surface area (Å²) in [6.07, 6.45) is 1.37. The third-order valence-corrected chi connectivity index (χ3v) is 6.35. The Balaban J connectivity index is 1.52. The van der Waals surface area contributed by atoms with Gasteiger partial charge >= 0.3 is 0 Å². The second-order valence-electron chi connectivity index (χ2n) is 7.54. The van der Waals surface area contributed by atoms with Gasteiger partial charge < -0.3 is 14.6 Å². The minimum absolute atomic E-state index is 0.200. The SMILES string of the molecule is COc1ccc(CN2CCC(C#N)CC2)cc1OCC(O)CN1CCSCC1. The second kappa shape index (κ2) is 10.9. The molecule has 6 nitrogen and oxygen atoms in total. The molecule has 0 spiro atoms. The summed E-state index contributed by atoms with van der Waals surface area (Å²) < 4.78 is 11.4. The number of aliphatic hydroxyl groups excluding tert-OH is 1. The Morgan fingerprint density at radius 3 is 2.61 bits per heavy atom. The highest BCUT2D eigenvalue weighted by molar-refractivity contribution is 7.99. The standard InChI is InChI=1S/C21H31N3O3S/c1-26-20-3-2-18(14-23-6-4-17(13-22)5-7-23)12-21(20)27-16-19(25)15-24-8-10-28-11-9-24/h2-3,12,17,19,25H,4-11,14-16H2,1H3. The van der Waals surface area contributed by atoms with Gasteiger partial charge in [0.1, 0.15) is 12.7 Å². The number of rotatable bonds is 8. The van der Waals surface area contributed by atoms with E-state index in [0.29, 0.717) is 18.0 Å². The van der Waals surface area contributed by atoms with Gasteiger partial charge in [-0.25, -0.2) is 0 Å². The Labute approximate surface area is 172 Å². The van der Waals surface area contributed by atoms with E-state index in [0.717, 1.165) is 62.6 Å². The van der Waals surface area contributed by atoms with E-state index in [-0.39, 0.29) is 12.5 Å². The average Bonchev–Trinajstić information content (AvgIpc) is 2.73. The summed E-state index contributed by atoms with van der Waals surface area (Å²) in [7, 11) is 1.64. The molecule has 2 heterocycles. The summed E-state index contributed by atoms with van der Waals surface area (Å²) >= 11 is 1.97. The van der Waals surface area contributed by atoms with Gasteiger partial charge in [-0.15, -0.1) is 0 Å². The first-order chi connectivity index (χ1) is 13.7. The number of thioether (sulfide) groups is 1. The second-order valence-corrected chi connectivity index (χ2v) is 8.77. The van der Waals surface area contributed by atoms with E-state index in [9.17, 15) is 5.11 Å². The quantitative estimate of drug-likeness (QED) is 0.711. The monoisotopic (exact) mass is 405 g/mol. The number of ether oxygens (including phenoxy) is 2. The summed E-state index contributed by atoms with van der Waals surface area (Å²) in [5.74, 6) is 3.84. The van der Waals surface area contributed by atoms with Crippen LogP contribution in [0.5, 0.6) is 11.5 Å². The molecule has 0 aliphatic carbocycles. The minimum atomic E-state index is -0.513. The fraction of sp³-hybridized carbons (Fsp3) is 0.667. The molecule has 154 valence electrons. The van der Waals surface area contributed by atoms with Gasteiger partial charge in [0, 0.05) is 43.6 Å². The van der Waals surface area contributed by atoms with Crippen molar-refractivity contribution in [2.45, 2.75) is 25.5 Å². The average molecular weight is 406 g/mol. The molecule has 0 aromatic heterocycles. The van der Waals surface area contributed by atoms with Crippen molar-refractivity contribution in [2.75, 3.05) is 57.9 Å². The topological polar surface area (TPSA) is 69.0 Å². The van der Waals surface area contributed by atoms with Crippen LogP contribution in [0.2, 0.25) is 0 Å². The van der Waals surface area contributed by atoms with Crippen LogP contribution in [0.3, 0.4) is 0 Å². The van der Waals surface area contributed by atoms with Crippen molar-refractivity contribution in [1.82, 2.24) is 9.80 Å².